The number of halogens is 1. The molecule has 2 aliphatic rings. The molecule has 11 nitrogen and oxygen atoms in total. The number of hydrogen-bond acceptors (Lipinski definition) is 10. The van der Waals surface area contributed by atoms with Gasteiger partial charge in [0, 0.05) is 46.2 Å². The molecule has 0 unspecified atom stereocenters. The predicted molar refractivity (Wildman–Crippen MR) is 124 cm³/mol. The van der Waals surface area contributed by atoms with Crippen molar-refractivity contribution in [3.63, 3.8) is 0 Å². The molecule has 1 saturated heterocycles. The number of aromatic nitrogens is 5. The molecule has 1 saturated carbocycles. The van der Waals surface area contributed by atoms with E-state index < -0.39 is 5.91 Å². The molecule has 0 aromatic carbocycles. The highest BCUT2D eigenvalue weighted by Crippen LogP contribution is 2.30. The summed E-state index contributed by atoms with van der Waals surface area (Å²) in [5, 5.41) is 9.05. The Labute approximate surface area is 192 Å². The fourth-order valence-corrected chi connectivity index (χ4v) is 3.52. The molecule has 0 spiro atoms. The minimum Gasteiger partial charge on any atom is -0.367 e. The first-order valence-electron chi connectivity index (χ1n) is 11.0. The van der Waals surface area contributed by atoms with Gasteiger partial charge in [-0.05, 0) is 25.8 Å². The van der Waals surface area contributed by atoms with E-state index in [0.29, 0.717) is 35.9 Å². The second-order valence-corrected chi connectivity index (χ2v) is 8.47. The van der Waals surface area contributed by atoms with Gasteiger partial charge in [0.25, 0.3) is 5.91 Å². The first-order chi connectivity index (χ1) is 15.5. The maximum absolute atomic E-state index is 12.4. The molecule has 0 atom stereocenters. The van der Waals surface area contributed by atoms with Crippen molar-refractivity contribution in [2.24, 2.45) is 5.92 Å². The summed E-state index contributed by atoms with van der Waals surface area (Å²) < 4.78 is 0. The Bertz CT molecular complexity index is 975. The number of rotatable bonds is 8. The van der Waals surface area contributed by atoms with Gasteiger partial charge in [0.05, 0.1) is 0 Å². The molecule has 12 heteroatoms. The molecule has 2 aromatic heterocycles. The number of likely N-dealkylation sites (N-methyl/N-ethyl adjacent to an activating group) is 1. The first-order valence-corrected chi connectivity index (χ1v) is 11.3. The summed E-state index contributed by atoms with van der Waals surface area (Å²) in [6.07, 6.45) is 3.04. The molecule has 172 valence electrons. The average Bonchev–Trinajstić information content (AvgIpc) is 3.63. The van der Waals surface area contributed by atoms with Crippen molar-refractivity contribution in [2.45, 2.75) is 26.2 Å². The van der Waals surface area contributed by atoms with Crippen LogP contribution in [0.2, 0.25) is 5.15 Å². The largest absolute Gasteiger partial charge is 0.367 e. The predicted octanol–water partition coefficient (Wildman–Crippen LogP) is 1.55. The molecule has 4 rings (SSSR count). The van der Waals surface area contributed by atoms with Gasteiger partial charge in [0.1, 0.15) is 5.82 Å². The van der Waals surface area contributed by atoms with E-state index in [4.69, 9.17) is 11.6 Å². The van der Waals surface area contributed by atoms with Crippen molar-refractivity contribution in [3.05, 3.63) is 16.7 Å². The number of nitrogens with one attached hydrogen (secondary N) is 3. The SMILES string of the molecule is CCc1nc(Nc2nc(NCC3CC3)c(Cl)nc2C(=O)NC)nc(N2CCN(C)CC2)n1. The standard InChI is InChI=1S/C20H29ClN10O/c1-4-13-24-19(29-20(25-13)31-9-7-30(3)8-10-31)28-16-14(18(32)22-2)26-15(21)17(27-16)23-11-12-5-6-12/h12H,4-11H2,1-3H3,(H,22,32)(H2,23,24,25,27,28,29). The van der Waals surface area contributed by atoms with Gasteiger partial charge in [0.15, 0.2) is 22.5 Å². The van der Waals surface area contributed by atoms with Crippen LogP contribution in [-0.2, 0) is 6.42 Å². The molecule has 32 heavy (non-hydrogen) atoms. The number of piperazine rings is 1. The van der Waals surface area contributed by atoms with Crippen LogP contribution in [0.1, 0.15) is 36.1 Å². The monoisotopic (exact) mass is 460 g/mol. The van der Waals surface area contributed by atoms with E-state index in [9.17, 15) is 4.79 Å². The van der Waals surface area contributed by atoms with Crippen LogP contribution in [0.3, 0.4) is 0 Å². The van der Waals surface area contributed by atoms with Crippen LogP contribution in [-0.4, -0.2) is 82.5 Å². The summed E-state index contributed by atoms with van der Waals surface area (Å²) in [6.45, 7) is 6.31. The zero-order valence-electron chi connectivity index (χ0n) is 18.7. The lowest BCUT2D eigenvalue weighted by atomic mass is 10.3. The number of aryl methyl sites for hydroxylation is 1. The smallest absolute Gasteiger partial charge is 0.273 e. The van der Waals surface area contributed by atoms with Gasteiger partial charge in [-0.25, -0.2) is 9.97 Å². The van der Waals surface area contributed by atoms with Crippen LogP contribution < -0.4 is 20.9 Å². The number of anilines is 4. The molecule has 1 amide bonds. The zero-order chi connectivity index (χ0) is 22.7. The van der Waals surface area contributed by atoms with Crippen LogP contribution in [0.15, 0.2) is 0 Å². The minimum absolute atomic E-state index is 0.0779. The number of nitrogens with zero attached hydrogens (tertiary/aromatic N) is 7. The molecule has 1 aliphatic heterocycles. The van der Waals surface area contributed by atoms with Gasteiger partial charge in [-0.3, -0.25) is 4.79 Å². The zero-order valence-corrected chi connectivity index (χ0v) is 19.4. The lowest BCUT2D eigenvalue weighted by molar-refractivity contribution is 0.0959. The molecule has 2 aromatic rings. The van der Waals surface area contributed by atoms with Crippen LogP contribution in [0, 0.1) is 5.92 Å². The van der Waals surface area contributed by atoms with E-state index in [0.717, 1.165) is 32.7 Å². The van der Waals surface area contributed by atoms with Gasteiger partial charge in [0.2, 0.25) is 11.9 Å². The van der Waals surface area contributed by atoms with Gasteiger partial charge in [-0.2, -0.15) is 15.0 Å². The van der Waals surface area contributed by atoms with Crippen molar-refractivity contribution in [3.8, 4) is 0 Å². The Morgan fingerprint density at radius 3 is 2.47 bits per heavy atom. The van der Waals surface area contributed by atoms with Crippen molar-refractivity contribution in [1.29, 1.82) is 0 Å². The van der Waals surface area contributed by atoms with E-state index >= 15 is 0 Å². The third-order valence-electron chi connectivity index (χ3n) is 5.55. The third-order valence-corrected chi connectivity index (χ3v) is 5.82. The highest BCUT2D eigenvalue weighted by molar-refractivity contribution is 6.32. The van der Waals surface area contributed by atoms with Crippen molar-refractivity contribution >= 4 is 41.0 Å². The summed E-state index contributed by atoms with van der Waals surface area (Å²) in [6, 6.07) is 0. The first kappa shape index (κ1) is 22.4. The average molecular weight is 461 g/mol. The Hall–Kier alpha value is -2.79. The lowest BCUT2D eigenvalue weighted by Crippen LogP contribution is -2.45. The molecule has 3 N–H and O–H groups in total. The Morgan fingerprint density at radius 2 is 1.81 bits per heavy atom. The number of carbonyl (C=O) groups is 1. The highest BCUT2D eigenvalue weighted by Gasteiger charge is 2.24. The molecule has 0 bridgehead atoms. The summed E-state index contributed by atoms with van der Waals surface area (Å²) in [5.41, 5.74) is 0.0779. The van der Waals surface area contributed by atoms with E-state index in [-0.39, 0.29) is 16.7 Å². The normalized spacial score (nSPS) is 16.7. The third kappa shape index (κ3) is 5.33. The van der Waals surface area contributed by atoms with E-state index in [2.05, 4.69) is 57.7 Å². The summed E-state index contributed by atoms with van der Waals surface area (Å²) in [7, 11) is 3.63. The maximum atomic E-state index is 12.4. The summed E-state index contributed by atoms with van der Waals surface area (Å²) in [5.74, 6) is 2.49. The molecule has 3 heterocycles. The Morgan fingerprint density at radius 1 is 1.06 bits per heavy atom. The van der Waals surface area contributed by atoms with Crippen LogP contribution in [0.25, 0.3) is 0 Å². The lowest BCUT2D eigenvalue weighted by Gasteiger charge is -2.32. The Kier molecular flexibility index (Phi) is 6.85. The number of hydrogen-bond donors (Lipinski definition) is 3. The fraction of sp³-hybridized carbons (Fsp3) is 0.600. The molecule has 1 aliphatic carbocycles. The number of amides is 1. The molecular formula is C20H29ClN10O. The molecule has 0 radical (unpaired) electrons. The van der Waals surface area contributed by atoms with E-state index in [1.54, 1.807) is 0 Å². The van der Waals surface area contributed by atoms with Crippen LogP contribution in [0.5, 0.6) is 0 Å². The van der Waals surface area contributed by atoms with Gasteiger partial charge in [-0.1, -0.05) is 18.5 Å². The fourth-order valence-electron chi connectivity index (χ4n) is 3.33. The van der Waals surface area contributed by atoms with E-state index in [1.165, 1.54) is 19.9 Å². The highest BCUT2D eigenvalue weighted by atomic mass is 35.5. The van der Waals surface area contributed by atoms with Crippen LogP contribution in [0.4, 0.5) is 23.5 Å². The van der Waals surface area contributed by atoms with Crippen LogP contribution >= 0.6 is 11.6 Å². The topological polar surface area (TPSA) is 124 Å². The Balaban J connectivity index is 1.64. The van der Waals surface area contributed by atoms with Crippen molar-refractivity contribution in [2.75, 3.05) is 62.4 Å². The van der Waals surface area contributed by atoms with Gasteiger partial charge in [-0.15, -0.1) is 0 Å². The molecular weight excluding hydrogens is 432 g/mol. The summed E-state index contributed by atoms with van der Waals surface area (Å²) >= 11 is 6.30. The van der Waals surface area contributed by atoms with E-state index in [1.807, 2.05) is 6.92 Å². The maximum Gasteiger partial charge on any atom is 0.273 e. The molecule has 2 fully saturated rings. The van der Waals surface area contributed by atoms with Gasteiger partial charge >= 0.3 is 0 Å². The number of carbonyl (C=O) groups excluding carboxylic acids is 1. The van der Waals surface area contributed by atoms with Crippen molar-refractivity contribution in [1.82, 2.24) is 35.1 Å². The van der Waals surface area contributed by atoms with Gasteiger partial charge < -0.3 is 25.8 Å². The second kappa shape index (κ2) is 9.78. The second-order valence-electron chi connectivity index (χ2n) is 8.11. The summed E-state index contributed by atoms with van der Waals surface area (Å²) in [4.78, 5) is 39.4. The van der Waals surface area contributed by atoms with Crippen molar-refractivity contribution < 1.29 is 4.79 Å². The minimum atomic E-state index is -0.403. The quantitative estimate of drug-likeness (QED) is 0.534.